The van der Waals surface area contributed by atoms with Gasteiger partial charge in [0.2, 0.25) is 0 Å². The van der Waals surface area contributed by atoms with E-state index in [1.54, 1.807) is 12.1 Å². The van der Waals surface area contributed by atoms with Crippen LogP contribution in [0.5, 0.6) is 0 Å². The number of benzene rings is 2. The zero-order valence-electron chi connectivity index (χ0n) is 13.0. The third-order valence-electron chi connectivity index (χ3n) is 3.95. The molecule has 1 saturated heterocycles. The predicted octanol–water partition coefficient (Wildman–Crippen LogP) is 2.49. The second kappa shape index (κ2) is 6.16. The van der Waals surface area contributed by atoms with Gasteiger partial charge >= 0.3 is 12.0 Å². The molecule has 1 fully saturated rings. The first kappa shape index (κ1) is 15.7. The Kier molecular flexibility index (Phi) is 4.04. The minimum Gasteiger partial charge on any atom is -0.478 e. The summed E-state index contributed by atoms with van der Waals surface area (Å²) in [5.74, 6) is -1.39. The lowest BCUT2D eigenvalue weighted by Crippen LogP contribution is -2.30. The largest absolute Gasteiger partial charge is 0.478 e. The Balaban J connectivity index is 1.81. The lowest BCUT2D eigenvalue weighted by atomic mass is 10.1. The Morgan fingerprint density at radius 1 is 1.17 bits per heavy atom. The normalized spacial score (nSPS) is 17.0. The number of urea groups is 1. The highest BCUT2D eigenvalue weighted by Gasteiger charge is 2.38. The zero-order valence-corrected chi connectivity index (χ0v) is 13.0. The number of carboxylic acid groups (broad SMARTS) is 1. The molecule has 1 aliphatic heterocycles. The van der Waals surface area contributed by atoms with Crippen molar-refractivity contribution in [2.24, 2.45) is 0 Å². The molecule has 3 rings (SSSR count). The Labute approximate surface area is 138 Å². The van der Waals surface area contributed by atoms with E-state index in [9.17, 15) is 14.4 Å². The highest BCUT2D eigenvalue weighted by atomic mass is 16.4. The summed E-state index contributed by atoms with van der Waals surface area (Å²) in [6.45, 7) is 1.98. The number of rotatable bonds is 4. The summed E-state index contributed by atoms with van der Waals surface area (Å²) >= 11 is 0. The molecule has 0 saturated carbocycles. The molecule has 122 valence electrons. The number of imide groups is 1. The predicted molar refractivity (Wildman–Crippen MR) is 86.4 cm³/mol. The summed E-state index contributed by atoms with van der Waals surface area (Å²) in [4.78, 5) is 36.8. The van der Waals surface area contributed by atoms with Crippen molar-refractivity contribution in [3.63, 3.8) is 0 Å². The summed E-state index contributed by atoms with van der Waals surface area (Å²) < 4.78 is 0. The molecule has 2 aromatic carbocycles. The molecule has 24 heavy (non-hydrogen) atoms. The fraction of sp³-hybridized carbons (Fsp3) is 0.167. The van der Waals surface area contributed by atoms with Crippen LogP contribution in [0.4, 0.5) is 4.79 Å². The van der Waals surface area contributed by atoms with Crippen molar-refractivity contribution in [2.45, 2.75) is 19.5 Å². The first-order valence-corrected chi connectivity index (χ1v) is 7.46. The van der Waals surface area contributed by atoms with Crippen LogP contribution < -0.4 is 5.32 Å². The third kappa shape index (κ3) is 2.99. The minimum atomic E-state index is -1.05. The van der Waals surface area contributed by atoms with Crippen LogP contribution in [0.3, 0.4) is 0 Å². The van der Waals surface area contributed by atoms with Gasteiger partial charge in [-0.3, -0.25) is 9.69 Å². The smallest absolute Gasteiger partial charge is 0.335 e. The second-order valence-corrected chi connectivity index (χ2v) is 5.72. The van der Waals surface area contributed by atoms with Crippen LogP contribution in [0.2, 0.25) is 0 Å². The maximum atomic E-state index is 12.6. The van der Waals surface area contributed by atoms with E-state index in [1.165, 1.54) is 12.1 Å². The van der Waals surface area contributed by atoms with Gasteiger partial charge in [-0.1, -0.05) is 42.0 Å². The molecule has 2 N–H and O–H groups in total. The summed E-state index contributed by atoms with van der Waals surface area (Å²) in [5.41, 5.74) is 2.50. The summed E-state index contributed by atoms with van der Waals surface area (Å²) in [6, 6.07) is 12.4. The summed E-state index contributed by atoms with van der Waals surface area (Å²) in [5, 5.41) is 11.7. The van der Waals surface area contributed by atoms with E-state index in [0.717, 1.165) is 16.0 Å². The highest BCUT2D eigenvalue weighted by molar-refractivity contribution is 6.04. The maximum absolute atomic E-state index is 12.6. The van der Waals surface area contributed by atoms with Gasteiger partial charge in [-0.2, -0.15) is 0 Å². The van der Waals surface area contributed by atoms with E-state index in [0.29, 0.717) is 5.56 Å². The molecule has 2 aromatic rings. The molecule has 1 heterocycles. The number of hydrogen-bond donors (Lipinski definition) is 2. The molecular formula is C18H16N2O4. The number of amides is 3. The quantitative estimate of drug-likeness (QED) is 0.846. The molecule has 6 nitrogen and oxygen atoms in total. The Hall–Kier alpha value is -3.15. The maximum Gasteiger partial charge on any atom is 0.335 e. The van der Waals surface area contributed by atoms with Crippen molar-refractivity contribution in [3.8, 4) is 0 Å². The van der Waals surface area contributed by atoms with Crippen LogP contribution in [-0.4, -0.2) is 27.9 Å². The van der Waals surface area contributed by atoms with E-state index in [1.807, 2.05) is 31.2 Å². The van der Waals surface area contributed by atoms with Gasteiger partial charge in [0.25, 0.3) is 5.91 Å². The van der Waals surface area contributed by atoms with Gasteiger partial charge in [-0.05, 0) is 30.2 Å². The Bertz CT molecular complexity index is 814. The Morgan fingerprint density at radius 2 is 1.88 bits per heavy atom. The topological polar surface area (TPSA) is 86.7 Å². The zero-order chi connectivity index (χ0) is 17.3. The molecule has 0 bridgehead atoms. The number of nitrogens with zero attached hydrogens (tertiary/aromatic N) is 1. The van der Waals surface area contributed by atoms with Crippen molar-refractivity contribution < 1.29 is 19.5 Å². The number of carbonyl (C=O) groups excluding carboxylic acids is 2. The van der Waals surface area contributed by atoms with Crippen LogP contribution in [0.25, 0.3) is 0 Å². The average Bonchev–Trinajstić information content (AvgIpc) is 2.84. The molecular weight excluding hydrogens is 308 g/mol. The highest BCUT2D eigenvalue weighted by Crippen LogP contribution is 2.24. The van der Waals surface area contributed by atoms with Gasteiger partial charge < -0.3 is 10.4 Å². The standard InChI is InChI=1S/C18H16N2O4/c1-11-5-7-13(8-6-11)15-16(21)20(18(24)19-15)10-12-3-2-4-14(9-12)17(22)23/h2-9,15H,10H2,1H3,(H,19,24)(H,22,23). The number of carboxylic acids is 1. The molecule has 1 unspecified atom stereocenters. The number of aryl methyl sites for hydroxylation is 1. The molecule has 0 aromatic heterocycles. The van der Waals surface area contributed by atoms with Gasteiger partial charge in [0, 0.05) is 0 Å². The second-order valence-electron chi connectivity index (χ2n) is 5.72. The van der Waals surface area contributed by atoms with Crippen molar-refractivity contribution >= 4 is 17.9 Å². The first-order valence-electron chi connectivity index (χ1n) is 7.46. The number of hydrogen-bond acceptors (Lipinski definition) is 3. The summed E-state index contributed by atoms with van der Waals surface area (Å²) in [6.07, 6.45) is 0. The van der Waals surface area contributed by atoms with Crippen LogP contribution in [0.15, 0.2) is 48.5 Å². The molecule has 1 atom stereocenters. The number of nitrogens with one attached hydrogen (secondary N) is 1. The third-order valence-corrected chi connectivity index (χ3v) is 3.95. The lowest BCUT2D eigenvalue weighted by molar-refractivity contribution is -0.128. The van der Waals surface area contributed by atoms with E-state index < -0.39 is 18.0 Å². The average molecular weight is 324 g/mol. The van der Waals surface area contributed by atoms with Gasteiger partial charge in [0.05, 0.1) is 12.1 Å². The van der Waals surface area contributed by atoms with Crippen molar-refractivity contribution in [1.29, 1.82) is 0 Å². The number of carbonyl (C=O) groups is 3. The molecule has 1 aliphatic rings. The fourth-order valence-corrected chi connectivity index (χ4v) is 2.64. The molecule has 6 heteroatoms. The van der Waals surface area contributed by atoms with Crippen molar-refractivity contribution in [3.05, 3.63) is 70.8 Å². The molecule has 0 aliphatic carbocycles. The summed E-state index contributed by atoms with van der Waals surface area (Å²) in [7, 11) is 0. The van der Waals surface area contributed by atoms with E-state index in [-0.39, 0.29) is 18.0 Å². The van der Waals surface area contributed by atoms with Crippen LogP contribution in [0, 0.1) is 6.92 Å². The molecule has 0 spiro atoms. The van der Waals surface area contributed by atoms with Crippen molar-refractivity contribution in [1.82, 2.24) is 10.2 Å². The minimum absolute atomic E-state index is 0.0359. The van der Waals surface area contributed by atoms with E-state index in [4.69, 9.17) is 5.11 Å². The SMILES string of the molecule is Cc1ccc(C2NC(=O)N(Cc3cccc(C(=O)O)c3)C2=O)cc1. The Morgan fingerprint density at radius 3 is 2.54 bits per heavy atom. The van der Waals surface area contributed by atoms with Crippen LogP contribution in [0.1, 0.15) is 33.1 Å². The van der Waals surface area contributed by atoms with Crippen LogP contribution >= 0.6 is 0 Å². The first-order chi connectivity index (χ1) is 11.5. The van der Waals surface area contributed by atoms with Gasteiger partial charge in [-0.25, -0.2) is 9.59 Å². The van der Waals surface area contributed by atoms with Gasteiger partial charge in [0.15, 0.2) is 0 Å². The van der Waals surface area contributed by atoms with E-state index in [2.05, 4.69) is 5.32 Å². The molecule has 0 radical (unpaired) electrons. The molecule has 3 amide bonds. The number of aromatic carboxylic acids is 1. The van der Waals surface area contributed by atoms with Crippen LogP contribution in [-0.2, 0) is 11.3 Å². The monoisotopic (exact) mass is 324 g/mol. The van der Waals surface area contributed by atoms with Gasteiger partial charge in [0.1, 0.15) is 6.04 Å². The fourth-order valence-electron chi connectivity index (χ4n) is 2.64. The van der Waals surface area contributed by atoms with Gasteiger partial charge in [-0.15, -0.1) is 0 Å². The van der Waals surface area contributed by atoms with Crippen molar-refractivity contribution in [2.75, 3.05) is 0 Å². The van der Waals surface area contributed by atoms with E-state index >= 15 is 0 Å². The lowest BCUT2D eigenvalue weighted by Gasteiger charge is -2.13.